The maximum absolute atomic E-state index is 11.6. The van der Waals surface area contributed by atoms with Crippen LogP contribution in [-0.4, -0.2) is 45.1 Å². The lowest BCUT2D eigenvalue weighted by atomic mass is 9.90. The zero-order chi connectivity index (χ0) is 18.0. The number of anilines is 1. The first-order valence-electron chi connectivity index (χ1n) is 8.76. The number of aryl methyl sites for hydroxylation is 1. The van der Waals surface area contributed by atoms with Crippen LogP contribution in [0.4, 0.5) is 5.95 Å². The van der Waals surface area contributed by atoms with Crippen LogP contribution in [0, 0.1) is 6.92 Å². The highest BCUT2D eigenvalue weighted by Crippen LogP contribution is 2.34. The van der Waals surface area contributed by atoms with Crippen molar-refractivity contribution in [2.24, 2.45) is 0 Å². The zero-order valence-corrected chi connectivity index (χ0v) is 15.2. The lowest BCUT2D eigenvalue weighted by Gasteiger charge is -2.31. The molecule has 2 aromatic rings. The zero-order valence-electron chi connectivity index (χ0n) is 15.2. The van der Waals surface area contributed by atoms with Crippen molar-refractivity contribution in [2.75, 3.05) is 18.4 Å². The SMILES string of the molecule is CC(=O)N1CCC(c2nc(NC(C)C)ncc2-c2cc(C)no2)CC1. The molecule has 2 aromatic heterocycles. The molecule has 1 amide bonds. The number of aromatic nitrogens is 3. The number of rotatable bonds is 4. The number of likely N-dealkylation sites (tertiary alicyclic amines) is 1. The summed E-state index contributed by atoms with van der Waals surface area (Å²) in [6.45, 7) is 9.15. The van der Waals surface area contributed by atoms with Crippen LogP contribution in [-0.2, 0) is 4.79 Å². The van der Waals surface area contributed by atoms with Gasteiger partial charge in [0.25, 0.3) is 0 Å². The largest absolute Gasteiger partial charge is 0.356 e. The predicted octanol–water partition coefficient (Wildman–Crippen LogP) is 2.99. The molecule has 1 aliphatic rings. The first-order chi connectivity index (χ1) is 11.9. The summed E-state index contributed by atoms with van der Waals surface area (Å²) in [6, 6.07) is 2.16. The van der Waals surface area contributed by atoms with E-state index in [0.29, 0.717) is 11.7 Å². The van der Waals surface area contributed by atoms with Gasteiger partial charge in [0, 0.05) is 44.2 Å². The monoisotopic (exact) mass is 343 g/mol. The molecule has 3 heterocycles. The summed E-state index contributed by atoms with van der Waals surface area (Å²) < 4.78 is 5.45. The first kappa shape index (κ1) is 17.4. The van der Waals surface area contributed by atoms with Gasteiger partial charge in [-0.15, -0.1) is 0 Å². The van der Waals surface area contributed by atoms with Gasteiger partial charge in [0.15, 0.2) is 5.76 Å². The average molecular weight is 343 g/mol. The number of amides is 1. The molecule has 3 rings (SSSR count). The predicted molar refractivity (Wildman–Crippen MR) is 95.3 cm³/mol. The van der Waals surface area contributed by atoms with Crippen molar-refractivity contribution in [3.8, 4) is 11.3 Å². The normalized spacial score (nSPS) is 15.6. The van der Waals surface area contributed by atoms with Gasteiger partial charge >= 0.3 is 0 Å². The number of piperidine rings is 1. The number of carbonyl (C=O) groups excluding carboxylic acids is 1. The van der Waals surface area contributed by atoms with Crippen LogP contribution in [0.25, 0.3) is 11.3 Å². The molecular weight excluding hydrogens is 318 g/mol. The van der Waals surface area contributed by atoms with E-state index in [0.717, 1.165) is 42.9 Å². The van der Waals surface area contributed by atoms with Crippen molar-refractivity contribution >= 4 is 11.9 Å². The van der Waals surface area contributed by atoms with Crippen molar-refractivity contribution in [1.29, 1.82) is 0 Å². The Morgan fingerprint density at radius 2 is 2.08 bits per heavy atom. The summed E-state index contributed by atoms with van der Waals surface area (Å²) in [7, 11) is 0. The Kier molecular flexibility index (Phi) is 5.01. The van der Waals surface area contributed by atoms with Crippen molar-refractivity contribution in [2.45, 2.75) is 52.5 Å². The Balaban J connectivity index is 1.92. The molecule has 1 saturated heterocycles. The smallest absolute Gasteiger partial charge is 0.223 e. The topological polar surface area (TPSA) is 84.2 Å². The number of nitrogens with zero attached hydrogens (tertiary/aromatic N) is 4. The molecule has 0 aliphatic carbocycles. The van der Waals surface area contributed by atoms with Crippen molar-refractivity contribution < 1.29 is 9.32 Å². The standard InChI is InChI=1S/C18H25N5O2/c1-11(2)20-18-19-10-15(16-9-12(3)22-25-16)17(21-18)14-5-7-23(8-6-14)13(4)24/h9-11,14H,5-8H2,1-4H3,(H,19,20,21). The lowest BCUT2D eigenvalue weighted by Crippen LogP contribution is -2.36. The minimum absolute atomic E-state index is 0.134. The minimum Gasteiger partial charge on any atom is -0.356 e. The van der Waals surface area contributed by atoms with E-state index >= 15 is 0 Å². The van der Waals surface area contributed by atoms with Crippen LogP contribution in [0.2, 0.25) is 0 Å². The third-order valence-electron chi connectivity index (χ3n) is 4.46. The fourth-order valence-electron chi connectivity index (χ4n) is 3.18. The molecular formula is C18H25N5O2. The van der Waals surface area contributed by atoms with E-state index in [1.165, 1.54) is 0 Å². The Morgan fingerprint density at radius 3 is 2.64 bits per heavy atom. The number of hydrogen-bond acceptors (Lipinski definition) is 6. The quantitative estimate of drug-likeness (QED) is 0.919. The fraction of sp³-hybridized carbons (Fsp3) is 0.556. The van der Waals surface area contributed by atoms with E-state index < -0.39 is 0 Å². The van der Waals surface area contributed by atoms with Crippen molar-refractivity contribution in [1.82, 2.24) is 20.0 Å². The van der Waals surface area contributed by atoms with Crippen LogP contribution < -0.4 is 5.32 Å². The third-order valence-corrected chi connectivity index (χ3v) is 4.46. The molecule has 0 aromatic carbocycles. The van der Waals surface area contributed by atoms with Crippen LogP contribution in [0.5, 0.6) is 0 Å². The maximum atomic E-state index is 11.6. The molecule has 1 fully saturated rings. The molecule has 0 atom stereocenters. The highest BCUT2D eigenvalue weighted by molar-refractivity contribution is 5.73. The maximum Gasteiger partial charge on any atom is 0.223 e. The Morgan fingerprint density at radius 1 is 1.36 bits per heavy atom. The van der Waals surface area contributed by atoms with Crippen LogP contribution in [0.15, 0.2) is 16.8 Å². The third kappa shape index (κ3) is 3.97. The molecule has 0 radical (unpaired) electrons. The van der Waals surface area contributed by atoms with E-state index in [4.69, 9.17) is 9.51 Å². The Labute approximate surface area is 147 Å². The average Bonchev–Trinajstić information content (AvgIpc) is 3.00. The fourth-order valence-corrected chi connectivity index (χ4v) is 3.18. The first-order valence-corrected chi connectivity index (χ1v) is 8.76. The summed E-state index contributed by atoms with van der Waals surface area (Å²) in [5.41, 5.74) is 2.69. The van der Waals surface area contributed by atoms with Gasteiger partial charge < -0.3 is 14.7 Å². The molecule has 1 N–H and O–H groups in total. The van der Waals surface area contributed by atoms with Crippen LogP contribution in [0.3, 0.4) is 0 Å². The van der Waals surface area contributed by atoms with Gasteiger partial charge in [-0.3, -0.25) is 4.79 Å². The molecule has 25 heavy (non-hydrogen) atoms. The van der Waals surface area contributed by atoms with E-state index in [1.807, 2.05) is 24.1 Å². The summed E-state index contributed by atoms with van der Waals surface area (Å²) in [6.07, 6.45) is 3.58. The second kappa shape index (κ2) is 7.21. The highest BCUT2D eigenvalue weighted by Gasteiger charge is 2.27. The van der Waals surface area contributed by atoms with Gasteiger partial charge in [-0.25, -0.2) is 9.97 Å². The Hall–Kier alpha value is -2.44. The molecule has 0 spiro atoms. The summed E-state index contributed by atoms with van der Waals surface area (Å²) in [5, 5.41) is 7.25. The molecule has 7 nitrogen and oxygen atoms in total. The number of nitrogens with one attached hydrogen (secondary N) is 1. The summed E-state index contributed by atoms with van der Waals surface area (Å²) in [4.78, 5) is 22.7. The minimum atomic E-state index is 0.134. The van der Waals surface area contributed by atoms with Crippen molar-refractivity contribution in [3.05, 3.63) is 23.7 Å². The van der Waals surface area contributed by atoms with E-state index in [9.17, 15) is 4.79 Å². The van der Waals surface area contributed by atoms with Gasteiger partial charge in [-0.05, 0) is 33.6 Å². The summed E-state index contributed by atoms with van der Waals surface area (Å²) >= 11 is 0. The number of carbonyl (C=O) groups is 1. The van der Waals surface area contributed by atoms with Gasteiger partial charge in [-0.1, -0.05) is 5.16 Å². The second-order valence-corrected chi connectivity index (χ2v) is 6.90. The molecule has 0 bridgehead atoms. The second-order valence-electron chi connectivity index (χ2n) is 6.90. The Bertz CT molecular complexity index is 748. The van der Waals surface area contributed by atoms with E-state index in [1.54, 1.807) is 6.92 Å². The van der Waals surface area contributed by atoms with Gasteiger partial charge in [-0.2, -0.15) is 0 Å². The van der Waals surface area contributed by atoms with E-state index in [-0.39, 0.29) is 17.9 Å². The number of hydrogen-bond donors (Lipinski definition) is 1. The van der Waals surface area contributed by atoms with E-state index in [2.05, 4.69) is 29.3 Å². The van der Waals surface area contributed by atoms with Crippen molar-refractivity contribution in [3.63, 3.8) is 0 Å². The molecule has 1 aliphatic heterocycles. The molecule has 0 unspecified atom stereocenters. The lowest BCUT2D eigenvalue weighted by molar-refractivity contribution is -0.129. The summed E-state index contributed by atoms with van der Waals surface area (Å²) in [5.74, 6) is 1.72. The molecule has 0 saturated carbocycles. The van der Waals surface area contributed by atoms with Crippen LogP contribution in [0.1, 0.15) is 50.9 Å². The van der Waals surface area contributed by atoms with Gasteiger partial charge in [0.2, 0.25) is 11.9 Å². The highest BCUT2D eigenvalue weighted by atomic mass is 16.5. The van der Waals surface area contributed by atoms with Gasteiger partial charge in [0.1, 0.15) is 0 Å². The molecule has 134 valence electrons. The van der Waals surface area contributed by atoms with Gasteiger partial charge in [0.05, 0.1) is 17.0 Å². The van der Waals surface area contributed by atoms with Crippen LogP contribution >= 0.6 is 0 Å². The molecule has 7 heteroatoms.